The summed E-state index contributed by atoms with van der Waals surface area (Å²) in [5, 5.41) is 19.5. The van der Waals surface area contributed by atoms with Crippen molar-refractivity contribution >= 4 is 12.0 Å². The quantitative estimate of drug-likeness (QED) is 0.794. The highest BCUT2D eigenvalue weighted by Gasteiger charge is 2.42. The molecule has 4 rings (SSSR count). The molecule has 0 aromatic heterocycles. The average molecular weight is 379 g/mol. The predicted octanol–water partition coefficient (Wildman–Crippen LogP) is 3.64. The molecule has 0 bridgehead atoms. The summed E-state index contributed by atoms with van der Waals surface area (Å²) in [6.07, 6.45) is 4.38. The van der Waals surface area contributed by atoms with Gasteiger partial charge in [-0.2, -0.15) is 0 Å². The summed E-state index contributed by atoms with van der Waals surface area (Å²) in [5.74, 6) is -0.279. The smallest absolute Gasteiger partial charge is 0.328 e. The van der Waals surface area contributed by atoms with Crippen molar-refractivity contribution in [3.63, 3.8) is 0 Å². The fourth-order valence-corrected chi connectivity index (χ4v) is 4.20. The zero-order valence-corrected chi connectivity index (χ0v) is 15.8. The highest BCUT2D eigenvalue weighted by atomic mass is 16.5. The molecule has 2 aliphatic rings. The minimum Gasteiger partial charge on any atom is -0.487 e. The Morgan fingerprint density at radius 2 is 1.93 bits per heavy atom. The molecule has 28 heavy (non-hydrogen) atoms. The molecule has 2 aromatic rings. The van der Waals surface area contributed by atoms with Crippen molar-refractivity contribution in [2.75, 3.05) is 13.1 Å². The van der Waals surface area contributed by atoms with Gasteiger partial charge in [-0.05, 0) is 42.2 Å². The van der Waals surface area contributed by atoms with Gasteiger partial charge in [0.2, 0.25) is 0 Å². The van der Waals surface area contributed by atoms with Crippen LogP contribution in [0.5, 0.6) is 5.75 Å². The number of aliphatic carboxylic acids is 1. The number of aliphatic hydroxyl groups excluding tert-OH is 1. The zero-order chi connectivity index (χ0) is 19.6. The van der Waals surface area contributed by atoms with E-state index < -0.39 is 12.1 Å². The van der Waals surface area contributed by atoms with E-state index in [0.29, 0.717) is 12.2 Å². The Hall–Kier alpha value is -2.63. The van der Waals surface area contributed by atoms with Gasteiger partial charge >= 0.3 is 5.97 Å². The standard InChI is InChI=1S/C23H25NO4/c25-20-15-23(10-12-24(13-11-23)16-18-4-2-1-3-5-18)28-21-8-6-17(14-19(20)21)7-9-22(26)27/h1-9,14,20,25H,10-13,15-16H2,(H,26,27)/b9-7+. The molecule has 0 saturated carbocycles. The van der Waals surface area contributed by atoms with Crippen LogP contribution in [0.1, 0.15) is 42.1 Å². The molecule has 1 unspecified atom stereocenters. The van der Waals surface area contributed by atoms with E-state index >= 15 is 0 Å². The fraction of sp³-hybridized carbons (Fsp3) is 0.348. The van der Waals surface area contributed by atoms with Gasteiger partial charge in [-0.25, -0.2) is 4.79 Å². The van der Waals surface area contributed by atoms with E-state index in [1.807, 2.05) is 24.3 Å². The largest absolute Gasteiger partial charge is 0.487 e. The summed E-state index contributed by atoms with van der Waals surface area (Å²) >= 11 is 0. The Morgan fingerprint density at radius 3 is 2.64 bits per heavy atom. The molecule has 2 aromatic carbocycles. The second-order valence-electron chi connectivity index (χ2n) is 7.74. The molecule has 5 nitrogen and oxygen atoms in total. The van der Waals surface area contributed by atoms with Gasteiger partial charge in [0.15, 0.2) is 0 Å². The number of benzene rings is 2. The number of hydrogen-bond donors (Lipinski definition) is 2. The van der Waals surface area contributed by atoms with E-state index in [-0.39, 0.29) is 5.60 Å². The number of likely N-dealkylation sites (tertiary alicyclic amines) is 1. The van der Waals surface area contributed by atoms with Crippen molar-refractivity contribution in [3.8, 4) is 5.75 Å². The first-order chi connectivity index (χ1) is 13.5. The van der Waals surface area contributed by atoms with Crippen molar-refractivity contribution in [1.29, 1.82) is 0 Å². The first kappa shape index (κ1) is 18.7. The Balaban J connectivity index is 1.44. The predicted molar refractivity (Wildman–Crippen MR) is 107 cm³/mol. The third kappa shape index (κ3) is 4.11. The fourth-order valence-electron chi connectivity index (χ4n) is 4.20. The maximum absolute atomic E-state index is 10.7. The molecule has 1 fully saturated rings. The second-order valence-corrected chi connectivity index (χ2v) is 7.74. The first-order valence-electron chi connectivity index (χ1n) is 9.71. The molecular weight excluding hydrogens is 354 g/mol. The number of nitrogens with zero attached hydrogens (tertiary/aromatic N) is 1. The van der Waals surface area contributed by atoms with Gasteiger partial charge in [0.05, 0.1) is 6.10 Å². The van der Waals surface area contributed by atoms with Crippen molar-refractivity contribution in [3.05, 3.63) is 71.3 Å². The second kappa shape index (κ2) is 7.78. The maximum Gasteiger partial charge on any atom is 0.328 e. The molecule has 0 aliphatic carbocycles. The summed E-state index contributed by atoms with van der Waals surface area (Å²) in [5.41, 5.74) is 2.48. The van der Waals surface area contributed by atoms with Crippen LogP contribution >= 0.6 is 0 Å². The summed E-state index contributed by atoms with van der Waals surface area (Å²) in [6, 6.07) is 16.0. The highest BCUT2D eigenvalue weighted by molar-refractivity contribution is 5.85. The van der Waals surface area contributed by atoms with Crippen LogP contribution in [0.2, 0.25) is 0 Å². The van der Waals surface area contributed by atoms with Crippen LogP contribution in [0, 0.1) is 0 Å². The van der Waals surface area contributed by atoms with E-state index in [2.05, 4.69) is 29.2 Å². The average Bonchev–Trinajstić information content (AvgIpc) is 2.69. The van der Waals surface area contributed by atoms with Gasteiger partial charge in [0.25, 0.3) is 0 Å². The number of carbonyl (C=O) groups is 1. The molecule has 5 heteroatoms. The van der Waals surface area contributed by atoms with Crippen LogP contribution in [0.3, 0.4) is 0 Å². The molecule has 0 amide bonds. The Bertz CT molecular complexity index is 869. The molecule has 1 atom stereocenters. The molecule has 2 heterocycles. The number of fused-ring (bicyclic) bond motifs is 1. The third-order valence-corrected chi connectivity index (χ3v) is 5.72. The number of aliphatic hydroxyl groups is 1. The van der Waals surface area contributed by atoms with Gasteiger partial charge in [-0.15, -0.1) is 0 Å². The van der Waals surface area contributed by atoms with Gasteiger partial charge in [0.1, 0.15) is 11.4 Å². The summed E-state index contributed by atoms with van der Waals surface area (Å²) in [4.78, 5) is 13.1. The van der Waals surface area contributed by atoms with E-state index in [0.717, 1.165) is 49.7 Å². The van der Waals surface area contributed by atoms with Gasteiger partial charge in [-0.1, -0.05) is 36.4 Å². The van der Waals surface area contributed by atoms with Crippen LogP contribution in [0.15, 0.2) is 54.6 Å². The monoisotopic (exact) mass is 379 g/mol. The lowest BCUT2D eigenvalue weighted by molar-refractivity contribution is -0.131. The number of rotatable bonds is 4. The Morgan fingerprint density at radius 1 is 1.18 bits per heavy atom. The molecule has 1 saturated heterocycles. The van der Waals surface area contributed by atoms with Crippen molar-refractivity contribution in [2.45, 2.75) is 37.5 Å². The summed E-state index contributed by atoms with van der Waals surface area (Å²) < 4.78 is 6.38. The molecule has 2 N–H and O–H groups in total. The normalized spacial score (nSPS) is 21.4. The summed E-state index contributed by atoms with van der Waals surface area (Å²) in [6.45, 7) is 2.82. The first-order valence-corrected chi connectivity index (χ1v) is 9.71. The van der Waals surface area contributed by atoms with Crippen molar-refractivity contribution in [1.82, 2.24) is 4.90 Å². The SMILES string of the molecule is O=C(O)/C=C/c1ccc2c(c1)C(O)CC1(CCN(Cc3ccccc3)CC1)O2. The van der Waals surface area contributed by atoms with Crippen LogP contribution in [0.25, 0.3) is 6.08 Å². The molecule has 0 radical (unpaired) electrons. The van der Waals surface area contributed by atoms with Crippen LogP contribution in [0.4, 0.5) is 0 Å². The van der Waals surface area contributed by atoms with Crippen LogP contribution < -0.4 is 4.74 Å². The van der Waals surface area contributed by atoms with E-state index in [9.17, 15) is 9.90 Å². The zero-order valence-electron chi connectivity index (χ0n) is 15.8. The number of piperidine rings is 1. The van der Waals surface area contributed by atoms with Crippen molar-refractivity contribution < 1.29 is 19.7 Å². The van der Waals surface area contributed by atoms with E-state index in [1.165, 1.54) is 11.6 Å². The minimum atomic E-state index is -0.990. The minimum absolute atomic E-state index is 0.321. The van der Waals surface area contributed by atoms with Gasteiger partial charge in [-0.3, -0.25) is 4.90 Å². The number of carboxylic acids is 1. The highest BCUT2D eigenvalue weighted by Crippen LogP contribution is 2.44. The molecule has 1 spiro atoms. The molecule has 2 aliphatic heterocycles. The lowest BCUT2D eigenvalue weighted by Crippen LogP contribution is -2.50. The lowest BCUT2D eigenvalue weighted by atomic mass is 9.81. The van der Waals surface area contributed by atoms with Crippen LogP contribution in [-0.4, -0.2) is 39.8 Å². The third-order valence-electron chi connectivity index (χ3n) is 5.72. The van der Waals surface area contributed by atoms with E-state index in [4.69, 9.17) is 9.84 Å². The maximum atomic E-state index is 10.7. The number of hydrogen-bond acceptors (Lipinski definition) is 4. The Labute approximate surface area is 164 Å². The topological polar surface area (TPSA) is 70.0 Å². The molecule has 146 valence electrons. The number of ether oxygens (including phenoxy) is 1. The van der Waals surface area contributed by atoms with Crippen molar-refractivity contribution in [2.24, 2.45) is 0 Å². The lowest BCUT2D eigenvalue weighted by Gasteiger charge is -2.46. The van der Waals surface area contributed by atoms with Crippen LogP contribution in [-0.2, 0) is 11.3 Å². The Kier molecular flexibility index (Phi) is 5.20. The number of carboxylic acid groups (broad SMARTS) is 1. The van der Waals surface area contributed by atoms with Gasteiger partial charge in [0, 0.05) is 37.7 Å². The molecular formula is C23H25NO4. The van der Waals surface area contributed by atoms with E-state index in [1.54, 1.807) is 0 Å². The summed E-state index contributed by atoms with van der Waals surface area (Å²) in [7, 11) is 0. The van der Waals surface area contributed by atoms with Gasteiger partial charge < -0.3 is 14.9 Å².